The van der Waals surface area contributed by atoms with Crippen molar-refractivity contribution >= 4 is 5.97 Å². The van der Waals surface area contributed by atoms with Crippen LogP contribution in [0.3, 0.4) is 0 Å². The Balaban J connectivity index is 3.32. The lowest BCUT2D eigenvalue weighted by Crippen LogP contribution is -2.34. The molecule has 10 heavy (non-hydrogen) atoms. The first-order chi connectivity index (χ1) is 4.68. The second-order valence-corrected chi connectivity index (χ2v) is 1.97. The number of hydrogen-bond acceptors (Lipinski definition) is 2. The molecule has 0 radical (unpaired) electrons. The lowest BCUT2D eigenvalue weighted by atomic mass is 10.3. The molecule has 0 fully saturated rings. The Labute approximate surface area is 60.4 Å². The predicted octanol–water partition coefficient (Wildman–Crippen LogP) is 0.0724. The zero-order chi connectivity index (χ0) is 7.98. The van der Waals surface area contributed by atoms with Gasteiger partial charge in [0.1, 0.15) is 6.04 Å². The lowest BCUT2D eigenvalue weighted by molar-refractivity contribution is -0.138. The van der Waals surface area contributed by atoms with Gasteiger partial charge in [-0.25, -0.2) is 0 Å². The molecule has 3 heteroatoms. The number of aliphatic carboxylic acids is 1. The summed E-state index contributed by atoms with van der Waals surface area (Å²) in [5.41, 5.74) is 0. The molecule has 3 nitrogen and oxygen atoms in total. The Kier molecular flexibility index (Phi) is 4.34. The number of carboxylic acid groups (broad SMARTS) is 1. The summed E-state index contributed by atoms with van der Waals surface area (Å²) >= 11 is 0. The molecule has 2 N–H and O–H groups in total. The minimum Gasteiger partial charge on any atom is -0.480 e. The van der Waals surface area contributed by atoms with Gasteiger partial charge in [-0.15, -0.1) is 12.3 Å². The molecule has 56 valence electrons. The van der Waals surface area contributed by atoms with Crippen molar-refractivity contribution in [1.82, 2.24) is 5.32 Å². The van der Waals surface area contributed by atoms with Gasteiger partial charge in [-0.3, -0.25) is 4.79 Å². The molecule has 0 aliphatic carbocycles. The standard InChI is InChI=1S/C7H11NO2/c1-3-4-5-8-6(2)7(9)10/h1,6,8H,4-5H2,2H3,(H,9,10)/t6-/m1/s1. The van der Waals surface area contributed by atoms with Crippen molar-refractivity contribution in [3.05, 3.63) is 0 Å². The lowest BCUT2D eigenvalue weighted by Gasteiger charge is -2.05. The van der Waals surface area contributed by atoms with E-state index in [1.807, 2.05) is 0 Å². The van der Waals surface area contributed by atoms with E-state index >= 15 is 0 Å². The molecule has 0 aliphatic rings. The second kappa shape index (κ2) is 4.83. The molecule has 0 aliphatic heterocycles. The summed E-state index contributed by atoms with van der Waals surface area (Å²) in [5.74, 6) is 1.56. The van der Waals surface area contributed by atoms with E-state index in [0.717, 1.165) is 0 Å². The summed E-state index contributed by atoms with van der Waals surface area (Å²) in [6.45, 7) is 2.14. The van der Waals surface area contributed by atoms with E-state index in [1.165, 1.54) is 0 Å². The van der Waals surface area contributed by atoms with Crippen LogP contribution in [0.25, 0.3) is 0 Å². The molecule has 0 saturated carbocycles. The van der Waals surface area contributed by atoms with E-state index in [2.05, 4.69) is 11.2 Å². The summed E-state index contributed by atoms with van der Waals surface area (Å²) < 4.78 is 0. The molecular weight excluding hydrogens is 130 g/mol. The molecule has 0 unspecified atom stereocenters. The molecule has 0 aromatic carbocycles. The first-order valence-electron chi connectivity index (χ1n) is 3.08. The fourth-order valence-electron chi connectivity index (χ4n) is 0.448. The van der Waals surface area contributed by atoms with E-state index in [9.17, 15) is 4.79 Å². The topological polar surface area (TPSA) is 49.3 Å². The first-order valence-corrected chi connectivity index (χ1v) is 3.08. The van der Waals surface area contributed by atoms with Crippen molar-refractivity contribution in [2.45, 2.75) is 19.4 Å². The van der Waals surface area contributed by atoms with E-state index in [-0.39, 0.29) is 0 Å². The average Bonchev–Trinajstić information content (AvgIpc) is 1.88. The van der Waals surface area contributed by atoms with Crippen LogP contribution in [0.4, 0.5) is 0 Å². The maximum Gasteiger partial charge on any atom is 0.320 e. The minimum atomic E-state index is -0.850. The van der Waals surface area contributed by atoms with E-state index in [4.69, 9.17) is 11.5 Å². The highest BCUT2D eigenvalue weighted by atomic mass is 16.4. The van der Waals surface area contributed by atoms with Gasteiger partial charge in [-0.05, 0) is 6.92 Å². The number of hydrogen-bond donors (Lipinski definition) is 2. The van der Waals surface area contributed by atoms with Gasteiger partial charge >= 0.3 is 5.97 Å². The molecule has 0 aromatic rings. The number of nitrogens with one attached hydrogen (secondary N) is 1. The van der Waals surface area contributed by atoms with Gasteiger partial charge in [0.2, 0.25) is 0 Å². The highest BCUT2D eigenvalue weighted by Crippen LogP contribution is 1.80. The third kappa shape index (κ3) is 3.93. The zero-order valence-corrected chi connectivity index (χ0v) is 5.92. The van der Waals surface area contributed by atoms with Crippen LogP contribution in [-0.2, 0) is 4.79 Å². The summed E-state index contributed by atoms with van der Waals surface area (Å²) in [7, 11) is 0. The van der Waals surface area contributed by atoms with E-state index in [1.54, 1.807) is 6.92 Å². The van der Waals surface area contributed by atoms with Crippen molar-refractivity contribution in [2.75, 3.05) is 6.54 Å². The van der Waals surface area contributed by atoms with Crippen LogP contribution in [0, 0.1) is 12.3 Å². The van der Waals surface area contributed by atoms with Gasteiger partial charge in [0, 0.05) is 13.0 Å². The molecule has 0 bridgehead atoms. The third-order valence-electron chi connectivity index (χ3n) is 1.09. The summed E-state index contributed by atoms with van der Waals surface area (Å²) in [6.07, 6.45) is 5.52. The summed E-state index contributed by atoms with van der Waals surface area (Å²) in [6, 6.07) is -0.506. The molecule has 0 heterocycles. The van der Waals surface area contributed by atoms with Gasteiger partial charge in [-0.2, -0.15) is 0 Å². The van der Waals surface area contributed by atoms with Gasteiger partial charge in [-0.1, -0.05) is 0 Å². The Bertz CT molecular complexity index is 148. The fraction of sp³-hybridized carbons (Fsp3) is 0.571. The Morgan fingerprint density at radius 2 is 2.50 bits per heavy atom. The van der Waals surface area contributed by atoms with Gasteiger partial charge in [0.05, 0.1) is 0 Å². The Hall–Kier alpha value is -1.01. The van der Waals surface area contributed by atoms with Gasteiger partial charge in [0.15, 0.2) is 0 Å². The monoisotopic (exact) mass is 141 g/mol. The number of carboxylic acids is 1. The average molecular weight is 141 g/mol. The van der Waals surface area contributed by atoms with Crippen LogP contribution in [0.15, 0.2) is 0 Å². The molecule has 1 atom stereocenters. The maximum atomic E-state index is 10.2. The predicted molar refractivity (Wildman–Crippen MR) is 38.6 cm³/mol. The van der Waals surface area contributed by atoms with E-state index < -0.39 is 12.0 Å². The molecular formula is C7H11NO2. The summed E-state index contributed by atoms with van der Waals surface area (Å²) in [5, 5.41) is 11.1. The molecule has 0 saturated heterocycles. The molecule has 0 rings (SSSR count). The zero-order valence-electron chi connectivity index (χ0n) is 5.92. The van der Waals surface area contributed by atoms with Crippen molar-refractivity contribution in [1.29, 1.82) is 0 Å². The third-order valence-corrected chi connectivity index (χ3v) is 1.09. The van der Waals surface area contributed by atoms with Crippen LogP contribution in [0.1, 0.15) is 13.3 Å². The smallest absolute Gasteiger partial charge is 0.320 e. The summed E-state index contributed by atoms with van der Waals surface area (Å²) in [4.78, 5) is 10.2. The minimum absolute atomic E-state index is 0.506. The maximum absolute atomic E-state index is 10.2. The number of rotatable bonds is 4. The van der Waals surface area contributed by atoms with Gasteiger partial charge in [0.25, 0.3) is 0 Å². The molecule has 0 aromatic heterocycles. The van der Waals surface area contributed by atoms with Crippen molar-refractivity contribution in [2.24, 2.45) is 0 Å². The largest absolute Gasteiger partial charge is 0.480 e. The van der Waals surface area contributed by atoms with Crippen molar-refractivity contribution in [3.8, 4) is 12.3 Å². The van der Waals surface area contributed by atoms with Crippen LogP contribution in [0.2, 0.25) is 0 Å². The van der Waals surface area contributed by atoms with Crippen molar-refractivity contribution in [3.63, 3.8) is 0 Å². The number of carbonyl (C=O) groups is 1. The Morgan fingerprint density at radius 3 is 2.90 bits per heavy atom. The highest BCUT2D eigenvalue weighted by Gasteiger charge is 2.07. The van der Waals surface area contributed by atoms with Crippen molar-refractivity contribution < 1.29 is 9.90 Å². The van der Waals surface area contributed by atoms with E-state index in [0.29, 0.717) is 13.0 Å². The van der Waals surface area contributed by atoms with Crippen LogP contribution < -0.4 is 5.32 Å². The van der Waals surface area contributed by atoms with Gasteiger partial charge < -0.3 is 10.4 Å². The van der Waals surface area contributed by atoms with Crippen LogP contribution in [0.5, 0.6) is 0 Å². The SMILES string of the molecule is C#CCCN[C@H](C)C(=O)O. The molecule has 0 spiro atoms. The van der Waals surface area contributed by atoms with Crippen LogP contribution in [-0.4, -0.2) is 23.7 Å². The van der Waals surface area contributed by atoms with Crippen LogP contribution >= 0.6 is 0 Å². The second-order valence-electron chi connectivity index (χ2n) is 1.97. The Morgan fingerprint density at radius 1 is 1.90 bits per heavy atom. The highest BCUT2D eigenvalue weighted by molar-refractivity contribution is 5.72. The molecule has 0 amide bonds. The first kappa shape index (κ1) is 8.99. The number of terminal acetylenes is 1. The quantitative estimate of drug-likeness (QED) is 0.430. The fourth-order valence-corrected chi connectivity index (χ4v) is 0.448. The normalized spacial score (nSPS) is 12.0.